The van der Waals surface area contributed by atoms with Crippen molar-refractivity contribution in [2.45, 2.75) is 39.5 Å². The van der Waals surface area contributed by atoms with Gasteiger partial charge in [0.05, 0.1) is 12.2 Å². The Kier molecular flexibility index (Phi) is 6.40. The van der Waals surface area contributed by atoms with Crippen LogP contribution in [0.5, 0.6) is 0 Å². The molecule has 4 rings (SSSR count). The van der Waals surface area contributed by atoms with Crippen LogP contribution in [0.4, 0.5) is 5.95 Å². The van der Waals surface area contributed by atoms with Gasteiger partial charge < -0.3 is 4.90 Å². The fourth-order valence-electron chi connectivity index (χ4n) is 3.70. The molecule has 0 spiro atoms. The molecular formula is C26H30N4O2. The molecule has 0 atom stereocenters. The number of nitrogens with one attached hydrogen (secondary N) is 1. The number of aromatic nitrogens is 2. The molecule has 0 bridgehead atoms. The lowest BCUT2D eigenvalue weighted by molar-refractivity contribution is -0.135. The number of amides is 2. The molecule has 32 heavy (non-hydrogen) atoms. The number of rotatable bonds is 8. The maximum Gasteiger partial charge on any atom is 0.246 e. The summed E-state index contributed by atoms with van der Waals surface area (Å²) in [5.74, 6) is 0.802. The molecule has 6 heteroatoms. The van der Waals surface area contributed by atoms with E-state index in [1.165, 1.54) is 5.56 Å². The molecule has 1 heterocycles. The highest BCUT2D eigenvalue weighted by Crippen LogP contribution is 2.31. The molecule has 1 aromatic heterocycles. The van der Waals surface area contributed by atoms with E-state index in [0.717, 1.165) is 29.8 Å². The number of imidazole rings is 1. The van der Waals surface area contributed by atoms with Gasteiger partial charge in [0.2, 0.25) is 17.8 Å². The zero-order valence-electron chi connectivity index (χ0n) is 18.9. The predicted octanol–water partition coefficient (Wildman–Crippen LogP) is 4.86. The number of carbonyl (C=O) groups excluding carboxylic acids is 2. The van der Waals surface area contributed by atoms with E-state index in [-0.39, 0.29) is 24.3 Å². The SMILES string of the molecule is CCN(CC(=O)Nc1nc(-c2ccccc2)cn1-c1ccc(C(C)C)cc1)C(=O)C1CC1. The maximum absolute atomic E-state index is 12.8. The molecule has 0 radical (unpaired) electrons. The van der Waals surface area contributed by atoms with Crippen LogP contribution in [0.1, 0.15) is 45.1 Å². The van der Waals surface area contributed by atoms with Gasteiger partial charge in [0.25, 0.3) is 0 Å². The van der Waals surface area contributed by atoms with Gasteiger partial charge in [0, 0.05) is 29.9 Å². The Balaban J connectivity index is 1.61. The van der Waals surface area contributed by atoms with Crippen molar-refractivity contribution in [2.75, 3.05) is 18.4 Å². The third-order valence-corrected chi connectivity index (χ3v) is 5.82. The normalized spacial score (nSPS) is 13.2. The summed E-state index contributed by atoms with van der Waals surface area (Å²) < 4.78 is 1.89. The minimum Gasteiger partial charge on any atom is -0.333 e. The lowest BCUT2D eigenvalue weighted by Crippen LogP contribution is -2.39. The Bertz CT molecular complexity index is 1080. The summed E-state index contributed by atoms with van der Waals surface area (Å²) in [6.45, 7) is 6.77. The van der Waals surface area contributed by atoms with Gasteiger partial charge in [-0.15, -0.1) is 0 Å². The number of hydrogen-bond donors (Lipinski definition) is 1. The number of hydrogen-bond acceptors (Lipinski definition) is 3. The number of benzene rings is 2. The van der Waals surface area contributed by atoms with Crippen LogP contribution in [0.3, 0.4) is 0 Å². The number of likely N-dealkylation sites (N-methyl/N-ethyl adjacent to an activating group) is 1. The molecule has 2 aromatic carbocycles. The van der Waals surface area contributed by atoms with E-state index in [4.69, 9.17) is 4.98 Å². The average molecular weight is 431 g/mol. The van der Waals surface area contributed by atoms with E-state index >= 15 is 0 Å². The molecule has 1 saturated carbocycles. The molecular weight excluding hydrogens is 400 g/mol. The van der Waals surface area contributed by atoms with Crippen molar-refractivity contribution in [1.82, 2.24) is 14.5 Å². The Morgan fingerprint density at radius 2 is 1.78 bits per heavy atom. The largest absolute Gasteiger partial charge is 0.333 e. The zero-order chi connectivity index (χ0) is 22.7. The molecule has 1 fully saturated rings. The number of nitrogens with zero attached hydrogens (tertiary/aromatic N) is 3. The van der Waals surface area contributed by atoms with Gasteiger partial charge in [-0.1, -0.05) is 56.3 Å². The fraction of sp³-hybridized carbons (Fsp3) is 0.346. The van der Waals surface area contributed by atoms with E-state index in [9.17, 15) is 9.59 Å². The van der Waals surface area contributed by atoms with Crippen LogP contribution < -0.4 is 5.32 Å². The highest BCUT2D eigenvalue weighted by molar-refractivity contribution is 5.94. The highest BCUT2D eigenvalue weighted by Gasteiger charge is 2.33. The van der Waals surface area contributed by atoms with Crippen molar-refractivity contribution in [3.05, 3.63) is 66.4 Å². The molecule has 0 aliphatic heterocycles. The predicted molar refractivity (Wildman–Crippen MR) is 127 cm³/mol. The van der Waals surface area contributed by atoms with Crippen LogP contribution in [0.2, 0.25) is 0 Å². The van der Waals surface area contributed by atoms with Gasteiger partial charge >= 0.3 is 0 Å². The molecule has 6 nitrogen and oxygen atoms in total. The topological polar surface area (TPSA) is 67.2 Å². The summed E-state index contributed by atoms with van der Waals surface area (Å²) in [6.07, 6.45) is 3.78. The molecule has 2 amide bonds. The van der Waals surface area contributed by atoms with Gasteiger partial charge in [-0.25, -0.2) is 4.98 Å². The first-order chi connectivity index (χ1) is 15.5. The first kappa shape index (κ1) is 21.8. The molecule has 166 valence electrons. The Morgan fingerprint density at radius 3 is 2.38 bits per heavy atom. The third-order valence-electron chi connectivity index (χ3n) is 5.82. The average Bonchev–Trinajstić information content (AvgIpc) is 3.58. The van der Waals surface area contributed by atoms with E-state index in [1.54, 1.807) is 4.90 Å². The van der Waals surface area contributed by atoms with Crippen molar-refractivity contribution in [3.8, 4) is 16.9 Å². The van der Waals surface area contributed by atoms with Gasteiger partial charge in [-0.2, -0.15) is 0 Å². The lowest BCUT2D eigenvalue weighted by Gasteiger charge is -2.20. The summed E-state index contributed by atoms with van der Waals surface area (Å²) in [5, 5.41) is 2.93. The van der Waals surface area contributed by atoms with Gasteiger partial charge in [-0.05, 0) is 43.4 Å². The maximum atomic E-state index is 12.8. The van der Waals surface area contributed by atoms with Crippen LogP contribution in [0.15, 0.2) is 60.8 Å². The van der Waals surface area contributed by atoms with Crippen molar-refractivity contribution in [3.63, 3.8) is 0 Å². The smallest absolute Gasteiger partial charge is 0.246 e. The van der Waals surface area contributed by atoms with Crippen LogP contribution in [-0.2, 0) is 9.59 Å². The second-order valence-corrected chi connectivity index (χ2v) is 8.61. The first-order valence-corrected chi connectivity index (χ1v) is 11.3. The van der Waals surface area contributed by atoms with Crippen molar-refractivity contribution in [1.29, 1.82) is 0 Å². The van der Waals surface area contributed by atoms with E-state index in [0.29, 0.717) is 18.4 Å². The summed E-state index contributed by atoms with van der Waals surface area (Å²) in [6, 6.07) is 18.2. The fourth-order valence-corrected chi connectivity index (χ4v) is 3.70. The first-order valence-electron chi connectivity index (χ1n) is 11.3. The molecule has 1 aliphatic rings. The summed E-state index contributed by atoms with van der Waals surface area (Å²) in [7, 11) is 0. The Hall–Kier alpha value is -3.41. The van der Waals surface area contributed by atoms with Crippen LogP contribution in [0, 0.1) is 5.92 Å². The lowest BCUT2D eigenvalue weighted by atomic mass is 10.0. The monoisotopic (exact) mass is 430 g/mol. The molecule has 0 saturated heterocycles. The summed E-state index contributed by atoms with van der Waals surface area (Å²) in [5.41, 5.74) is 3.91. The highest BCUT2D eigenvalue weighted by atomic mass is 16.2. The molecule has 3 aromatic rings. The minimum absolute atomic E-state index is 0.0334. The van der Waals surface area contributed by atoms with Gasteiger partial charge in [-0.3, -0.25) is 19.5 Å². The van der Waals surface area contributed by atoms with Crippen LogP contribution in [-0.4, -0.2) is 39.4 Å². The number of carbonyl (C=O) groups is 2. The minimum atomic E-state index is -0.244. The van der Waals surface area contributed by atoms with Crippen LogP contribution >= 0.6 is 0 Å². The van der Waals surface area contributed by atoms with E-state index < -0.39 is 0 Å². The second kappa shape index (κ2) is 9.39. The van der Waals surface area contributed by atoms with Crippen molar-refractivity contribution in [2.24, 2.45) is 5.92 Å². The van der Waals surface area contributed by atoms with Gasteiger partial charge in [0.15, 0.2) is 0 Å². The third kappa shape index (κ3) is 4.90. The standard InChI is InChI=1S/C26H30N4O2/c1-4-29(25(32)21-10-11-21)17-24(31)28-26-27-23(20-8-6-5-7-9-20)16-30(26)22-14-12-19(13-15-22)18(2)3/h5-9,12-16,18,21H,4,10-11,17H2,1-3H3,(H,27,28,31). The molecule has 0 unspecified atom stereocenters. The van der Waals surface area contributed by atoms with E-state index in [2.05, 4.69) is 31.3 Å². The van der Waals surface area contributed by atoms with Crippen molar-refractivity contribution >= 4 is 17.8 Å². The summed E-state index contributed by atoms with van der Waals surface area (Å²) >= 11 is 0. The van der Waals surface area contributed by atoms with Crippen LogP contribution in [0.25, 0.3) is 16.9 Å². The van der Waals surface area contributed by atoms with Crippen molar-refractivity contribution < 1.29 is 9.59 Å². The molecule has 1 N–H and O–H groups in total. The Labute approximate surface area is 189 Å². The van der Waals surface area contributed by atoms with Gasteiger partial charge in [0.1, 0.15) is 0 Å². The molecule has 1 aliphatic carbocycles. The Morgan fingerprint density at radius 1 is 1.09 bits per heavy atom. The summed E-state index contributed by atoms with van der Waals surface area (Å²) in [4.78, 5) is 31.6. The zero-order valence-corrected chi connectivity index (χ0v) is 18.9. The second-order valence-electron chi connectivity index (χ2n) is 8.61. The van der Waals surface area contributed by atoms with E-state index in [1.807, 2.05) is 60.2 Å². The quantitative estimate of drug-likeness (QED) is 0.555. The number of anilines is 1.